The van der Waals surface area contributed by atoms with Crippen LogP contribution in [0.4, 0.5) is 5.69 Å². The number of nitrogens with zero attached hydrogens (tertiary/aromatic N) is 1. The number of aryl methyl sites for hydroxylation is 1. The van der Waals surface area contributed by atoms with Gasteiger partial charge in [0.25, 0.3) is 5.56 Å². The van der Waals surface area contributed by atoms with Gasteiger partial charge in [-0.1, -0.05) is 6.07 Å². The molecule has 0 aliphatic rings. The minimum atomic E-state index is -0.256. The topological polar surface area (TPSA) is 71.8 Å². The van der Waals surface area contributed by atoms with Crippen molar-refractivity contribution < 1.29 is 0 Å². The van der Waals surface area contributed by atoms with Crippen LogP contribution in [0.3, 0.4) is 0 Å². The Morgan fingerprint density at radius 2 is 2.27 bits per heavy atom. The van der Waals surface area contributed by atoms with Gasteiger partial charge in [0, 0.05) is 29.2 Å². The second-order valence-electron chi connectivity index (χ2n) is 3.35. The van der Waals surface area contributed by atoms with E-state index in [1.165, 1.54) is 0 Å². The molecule has 0 aliphatic heterocycles. The smallest absolute Gasteiger partial charge is 0.271 e. The molecule has 0 aromatic carbocycles. The SMILES string of the molecule is Cc1cc(-c2cccnc2)c(N)c(=O)[nH]1. The Morgan fingerprint density at radius 1 is 1.47 bits per heavy atom. The lowest BCUT2D eigenvalue weighted by Crippen LogP contribution is -2.13. The number of nitrogen functional groups attached to an aromatic ring is 1. The maximum atomic E-state index is 11.4. The van der Waals surface area contributed by atoms with Crippen LogP contribution in [-0.4, -0.2) is 9.97 Å². The maximum Gasteiger partial charge on any atom is 0.271 e. The predicted octanol–water partition coefficient (Wildman–Crippen LogP) is 1.33. The first-order chi connectivity index (χ1) is 7.18. The zero-order valence-electron chi connectivity index (χ0n) is 8.32. The van der Waals surface area contributed by atoms with Gasteiger partial charge >= 0.3 is 0 Å². The van der Waals surface area contributed by atoms with E-state index in [2.05, 4.69) is 9.97 Å². The molecule has 15 heavy (non-hydrogen) atoms. The molecule has 0 saturated carbocycles. The molecule has 0 radical (unpaired) electrons. The van der Waals surface area contributed by atoms with Crippen LogP contribution in [0.1, 0.15) is 5.69 Å². The maximum absolute atomic E-state index is 11.4. The highest BCUT2D eigenvalue weighted by atomic mass is 16.1. The molecule has 3 N–H and O–H groups in total. The average molecular weight is 201 g/mol. The van der Waals surface area contributed by atoms with Gasteiger partial charge in [0.05, 0.1) is 0 Å². The number of nitrogens with one attached hydrogen (secondary N) is 1. The minimum absolute atomic E-state index is 0.230. The molecule has 2 aromatic rings. The van der Waals surface area contributed by atoms with E-state index in [1.807, 2.05) is 25.1 Å². The van der Waals surface area contributed by atoms with Crippen LogP contribution in [0, 0.1) is 6.92 Å². The molecule has 2 aromatic heterocycles. The van der Waals surface area contributed by atoms with Crippen molar-refractivity contribution in [2.45, 2.75) is 6.92 Å². The summed E-state index contributed by atoms with van der Waals surface area (Å²) in [7, 11) is 0. The fourth-order valence-corrected chi connectivity index (χ4v) is 1.46. The van der Waals surface area contributed by atoms with Crippen LogP contribution in [0.2, 0.25) is 0 Å². The summed E-state index contributed by atoms with van der Waals surface area (Å²) in [5.74, 6) is 0. The summed E-state index contributed by atoms with van der Waals surface area (Å²) in [6.45, 7) is 1.82. The molecule has 0 spiro atoms. The third-order valence-electron chi connectivity index (χ3n) is 2.18. The number of aromatic amines is 1. The number of pyridine rings is 2. The zero-order valence-corrected chi connectivity index (χ0v) is 8.32. The molecule has 4 nitrogen and oxygen atoms in total. The fraction of sp³-hybridized carbons (Fsp3) is 0.0909. The third kappa shape index (κ3) is 1.74. The van der Waals surface area contributed by atoms with E-state index < -0.39 is 0 Å². The van der Waals surface area contributed by atoms with E-state index in [-0.39, 0.29) is 11.2 Å². The van der Waals surface area contributed by atoms with Crippen molar-refractivity contribution in [1.82, 2.24) is 9.97 Å². The lowest BCUT2D eigenvalue weighted by molar-refractivity contribution is 1.15. The number of nitrogens with two attached hydrogens (primary N) is 1. The average Bonchev–Trinajstić information content (AvgIpc) is 2.24. The molecule has 0 fully saturated rings. The molecule has 0 saturated heterocycles. The lowest BCUT2D eigenvalue weighted by atomic mass is 10.1. The highest BCUT2D eigenvalue weighted by molar-refractivity contribution is 5.75. The lowest BCUT2D eigenvalue weighted by Gasteiger charge is -2.05. The highest BCUT2D eigenvalue weighted by Crippen LogP contribution is 2.22. The van der Waals surface area contributed by atoms with Gasteiger partial charge in [-0.2, -0.15) is 0 Å². The normalized spacial score (nSPS) is 10.2. The van der Waals surface area contributed by atoms with E-state index in [4.69, 9.17) is 5.73 Å². The molecular weight excluding hydrogens is 190 g/mol. The standard InChI is InChI=1S/C11H11N3O/c1-7-5-9(10(12)11(15)14-7)8-3-2-4-13-6-8/h2-6H,12H2,1H3,(H,14,15). The summed E-state index contributed by atoms with van der Waals surface area (Å²) >= 11 is 0. The summed E-state index contributed by atoms with van der Waals surface area (Å²) in [6.07, 6.45) is 3.37. The van der Waals surface area contributed by atoms with Gasteiger partial charge in [0.15, 0.2) is 0 Å². The summed E-state index contributed by atoms with van der Waals surface area (Å²) in [5.41, 5.74) is 8.05. The van der Waals surface area contributed by atoms with E-state index in [9.17, 15) is 4.79 Å². The molecule has 0 atom stereocenters. The van der Waals surface area contributed by atoms with Crippen molar-refractivity contribution in [3.05, 3.63) is 46.6 Å². The predicted molar refractivity (Wildman–Crippen MR) is 59.4 cm³/mol. The first-order valence-electron chi connectivity index (χ1n) is 4.58. The van der Waals surface area contributed by atoms with Gasteiger partial charge in [-0.15, -0.1) is 0 Å². The summed E-state index contributed by atoms with van der Waals surface area (Å²) < 4.78 is 0. The van der Waals surface area contributed by atoms with Crippen molar-refractivity contribution in [3.8, 4) is 11.1 Å². The minimum Gasteiger partial charge on any atom is -0.394 e. The first-order valence-corrected chi connectivity index (χ1v) is 4.58. The van der Waals surface area contributed by atoms with Gasteiger partial charge < -0.3 is 10.7 Å². The summed E-state index contributed by atoms with van der Waals surface area (Å²) in [4.78, 5) is 18.1. The molecule has 4 heteroatoms. The Balaban J connectivity index is 2.68. The Hall–Kier alpha value is -2.10. The van der Waals surface area contributed by atoms with Gasteiger partial charge in [0.1, 0.15) is 5.69 Å². The molecule has 0 bridgehead atoms. The Labute approximate surface area is 86.8 Å². The van der Waals surface area contributed by atoms with E-state index in [0.29, 0.717) is 0 Å². The Kier molecular flexibility index (Phi) is 2.25. The Morgan fingerprint density at radius 3 is 2.93 bits per heavy atom. The highest BCUT2D eigenvalue weighted by Gasteiger charge is 2.06. The van der Waals surface area contributed by atoms with Crippen LogP contribution in [0.15, 0.2) is 35.4 Å². The fourth-order valence-electron chi connectivity index (χ4n) is 1.46. The van der Waals surface area contributed by atoms with Crippen LogP contribution in [-0.2, 0) is 0 Å². The van der Waals surface area contributed by atoms with Crippen molar-refractivity contribution in [1.29, 1.82) is 0 Å². The van der Waals surface area contributed by atoms with Crippen molar-refractivity contribution in [2.75, 3.05) is 5.73 Å². The van der Waals surface area contributed by atoms with Crippen LogP contribution < -0.4 is 11.3 Å². The number of hydrogen-bond donors (Lipinski definition) is 2. The van der Waals surface area contributed by atoms with E-state index in [1.54, 1.807) is 12.4 Å². The van der Waals surface area contributed by atoms with Crippen molar-refractivity contribution >= 4 is 5.69 Å². The van der Waals surface area contributed by atoms with Crippen molar-refractivity contribution in [3.63, 3.8) is 0 Å². The molecular formula is C11H11N3O. The molecule has 0 amide bonds. The van der Waals surface area contributed by atoms with Gasteiger partial charge in [-0.25, -0.2) is 0 Å². The number of hydrogen-bond acceptors (Lipinski definition) is 3. The molecule has 2 heterocycles. The van der Waals surface area contributed by atoms with E-state index in [0.717, 1.165) is 16.8 Å². The first kappa shape index (κ1) is 9.45. The summed E-state index contributed by atoms with van der Waals surface area (Å²) in [5, 5.41) is 0. The van der Waals surface area contributed by atoms with Crippen LogP contribution >= 0.6 is 0 Å². The molecule has 0 aliphatic carbocycles. The van der Waals surface area contributed by atoms with Crippen LogP contribution in [0.5, 0.6) is 0 Å². The number of rotatable bonds is 1. The number of H-pyrrole nitrogens is 1. The van der Waals surface area contributed by atoms with Gasteiger partial charge in [-0.3, -0.25) is 9.78 Å². The number of aromatic nitrogens is 2. The number of anilines is 1. The largest absolute Gasteiger partial charge is 0.394 e. The Bertz CT molecular complexity index is 531. The van der Waals surface area contributed by atoms with Crippen molar-refractivity contribution in [2.24, 2.45) is 0 Å². The van der Waals surface area contributed by atoms with Crippen LogP contribution in [0.25, 0.3) is 11.1 Å². The third-order valence-corrected chi connectivity index (χ3v) is 2.18. The zero-order chi connectivity index (χ0) is 10.8. The molecule has 2 rings (SSSR count). The quantitative estimate of drug-likeness (QED) is 0.731. The van der Waals surface area contributed by atoms with Gasteiger partial charge in [0.2, 0.25) is 0 Å². The molecule has 0 unspecified atom stereocenters. The van der Waals surface area contributed by atoms with E-state index >= 15 is 0 Å². The second-order valence-corrected chi connectivity index (χ2v) is 3.35. The van der Waals surface area contributed by atoms with Gasteiger partial charge in [-0.05, 0) is 19.1 Å². The second kappa shape index (κ2) is 3.57. The molecule has 76 valence electrons. The monoisotopic (exact) mass is 201 g/mol. The summed E-state index contributed by atoms with van der Waals surface area (Å²) in [6, 6.07) is 5.52.